The van der Waals surface area contributed by atoms with Gasteiger partial charge in [-0.2, -0.15) is 0 Å². The average molecular weight is 319 g/mol. The number of carboxylic acid groups (broad SMARTS) is 1. The van der Waals surface area contributed by atoms with Crippen molar-refractivity contribution in [3.8, 4) is 0 Å². The van der Waals surface area contributed by atoms with Gasteiger partial charge in [0.15, 0.2) is 0 Å². The molecule has 1 amide bonds. The summed E-state index contributed by atoms with van der Waals surface area (Å²) in [4.78, 5) is 23.6. The van der Waals surface area contributed by atoms with Crippen molar-refractivity contribution in [2.45, 2.75) is 13.3 Å². The quantitative estimate of drug-likeness (QED) is 0.763. The van der Waals surface area contributed by atoms with Crippen LogP contribution in [0.3, 0.4) is 0 Å². The Labute approximate surface area is 139 Å². The van der Waals surface area contributed by atoms with Gasteiger partial charge in [-0.15, -0.1) is 0 Å². The van der Waals surface area contributed by atoms with Gasteiger partial charge in [0.2, 0.25) is 5.91 Å². The van der Waals surface area contributed by atoms with E-state index in [0.29, 0.717) is 11.3 Å². The lowest BCUT2D eigenvalue weighted by molar-refractivity contribution is -0.115. The summed E-state index contributed by atoms with van der Waals surface area (Å²) in [6.07, 6.45) is 0.234. The highest BCUT2D eigenvalue weighted by molar-refractivity contribution is 5.98. The molecule has 0 heterocycles. The number of hydrogen-bond acceptors (Lipinski definition) is 2. The highest BCUT2D eigenvalue weighted by Gasteiger charge is 2.13. The van der Waals surface area contributed by atoms with E-state index in [4.69, 9.17) is 5.11 Å². The van der Waals surface area contributed by atoms with Crippen LogP contribution in [0.15, 0.2) is 60.7 Å². The summed E-state index contributed by atoms with van der Waals surface area (Å²) in [6, 6.07) is 18.7. The Morgan fingerprint density at radius 3 is 2.46 bits per heavy atom. The Morgan fingerprint density at radius 2 is 1.67 bits per heavy atom. The van der Waals surface area contributed by atoms with Gasteiger partial charge in [-0.25, -0.2) is 4.79 Å². The van der Waals surface area contributed by atoms with E-state index >= 15 is 0 Å². The molecule has 4 nitrogen and oxygen atoms in total. The molecule has 0 aromatic heterocycles. The second-order valence-electron chi connectivity index (χ2n) is 5.65. The first-order valence-electron chi connectivity index (χ1n) is 7.65. The fraction of sp³-hybridized carbons (Fsp3) is 0.100. The third-order valence-electron chi connectivity index (χ3n) is 4.07. The van der Waals surface area contributed by atoms with Gasteiger partial charge >= 0.3 is 5.97 Å². The number of carboxylic acids is 1. The summed E-state index contributed by atoms with van der Waals surface area (Å²) >= 11 is 0. The lowest BCUT2D eigenvalue weighted by Gasteiger charge is -2.11. The van der Waals surface area contributed by atoms with Gasteiger partial charge in [0.1, 0.15) is 0 Å². The molecule has 0 saturated carbocycles. The van der Waals surface area contributed by atoms with Gasteiger partial charge in [-0.1, -0.05) is 48.5 Å². The van der Waals surface area contributed by atoms with Crippen molar-refractivity contribution < 1.29 is 14.7 Å². The molecule has 0 bridgehead atoms. The van der Waals surface area contributed by atoms with Gasteiger partial charge < -0.3 is 10.4 Å². The molecule has 0 spiro atoms. The van der Waals surface area contributed by atoms with Crippen LogP contribution >= 0.6 is 0 Å². The largest absolute Gasteiger partial charge is 0.478 e. The van der Waals surface area contributed by atoms with E-state index in [-0.39, 0.29) is 17.9 Å². The van der Waals surface area contributed by atoms with Crippen LogP contribution < -0.4 is 5.32 Å². The maximum absolute atomic E-state index is 12.4. The van der Waals surface area contributed by atoms with E-state index in [1.54, 1.807) is 19.1 Å². The zero-order valence-electron chi connectivity index (χ0n) is 13.2. The molecule has 3 rings (SSSR count). The molecule has 3 aromatic carbocycles. The summed E-state index contributed by atoms with van der Waals surface area (Å²) in [7, 11) is 0. The smallest absolute Gasteiger partial charge is 0.336 e. The lowest BCUT2D eigenvalue weighted by atomic mass is 10.0. The topological polar surface area (TPSA) is 66.4 Å². The highest BCUT2D eigenvalue weighted by Crippen LogP contribution is 2.21. The Hall–Kier alpha value is -3.14. The monoisotopic (exact) mass is 319 g/mol. The fourth-order valence-corrected chi connectivity index (χ4v) is 2.82. The Balaban J connectivity index is 1.84. The molecule has 2 N–H and O–H groups in total. The van der Waals surface area contributed by atoms with Crippen LogP contribution in [0, 0.1) is 6.92 Å². The van der Waals surface area contributed by atoms with Gasteiger partial charge in [-0.05, 0) is 41.0 Å². The second-order valence-corrected chi connectivity index (χ2v) is 5.65. The third-order valence-corrected chi connectivity index (χ3v) is 4.07. The SMILES string of the molecule is Cc1c(NC(=O)Cc2cccc3ccccc23)cccc1C(=O)O. The van der Waals surface area contributed by atoms with Crippen molar-refractivity contribution in [1.82, 2.24) is 0 Å². The number of aromatic carboxylic acids is 1. The van der Waals surface area contributed by atoms with Crippen molar-refractivity contribution in [2.24, 2.45) is 0 Å². The summed E-state index contributed by atoms with van der Waals surface area (Å²) in [5.41, 5.74) is 2.21. The standard InChI is InChI=1S/C20H17NO3/c1-13-16(20(23)24)10-5-11-18(13)21-19(22)12-15-8-4-7-14-6-2-3-9-17(14)15/h2-11H,12H2,1H3,(H,21,22)(H,23,24). The van der Waals surface area contributed by atoms with Crippen LogP contribution in [-0.2, 0) is 11.2 Å². The van der Waals surface area contributed by atoms with E-state index in [1.807, 2.05) is 42.5 Å². The first-order chi connectivity index (χ1) is 11.6. The number of hydrogen-bond donors (Lipinski definition) is 2. The van der Waals surface area contributed by atoms with Crippen molar-refractivity contribution in [3.63, 3.8) is 0 Å². The van der Waals surface area contributed by atoms with Gasteiger partial charge in [0.05, 0.1) is 12.0 Å². The van der Waals surface area contributed by atoms with E-state index in [9.17, 15) is 9.59 Å². The normalized spacial score (nSPS) is 10.5. The maximum Gasteiger partial charge on any atom is 0.336 e. The summed E-state index contributed by atoms with van der Waals surface area (Å²) in [5.74, 6) is -1.17. The molecular weight excluding hydrogens is 302 g/mol. The maximum atomic E-state index is 12.4. The minimum absolute atomic E-state index is 0.169. The van der Waals surface area contributed by atoms with E-state index in [0.717, 1.165) is 16.3 Å². The third kappa shape index (κ3) is 3.13. The molecule has 0 aliphatic carbocycles. The Kier molecular flexibility index (Phi) is 4.29. The highest BCUT2D eigenvalue weighted by atomic mass is 16.4. The number of amides is 1. The number of carbonyl (C=O) groups is 2. The van der Waals surface area contributed by atoms with E-state index in [1.165, 1.54) is 6.07 Å². The molecule has 0 fully saturated rings. The summed E-state index contributed by atoms with van der Waals surface area (Å²) < 4.78 is 0. The number of fused-ring (bicyclic) bond motifs is 1. The van der Waals surface area contributed by atoms with E-state index in [2.05, 4.69) is 5.32 Å². The van der Waals surface area contributed by atoms with Gasteiger partial charge in [0.25, 0.3) is 0 Å². The zero-order chi connectivity index (χ0) is 17.1. The van der Waals surface area contributed by atoms with Crippen LogP contribution in [0.1, 0.15) is 21.5 Å². The van der Waals surface area contributed by atoms with Crippen LogP contribution in [0.2, 0.25) is 0 Å². The number of rotatable bonds is 4. The van der Waals surface area contributed by atoms with Crippen LogP contribution in [0.25, 0.3) is 10.8 Å². The van der Waals surface area contributed by atoms with E-state index < -0.39 is 5.97 Å². The van der Waals surface area contributed by atoms with Gasteiger partial charge in [0, 0.05) is 5.69 Å². The zero-order valence-corrected chi connectivity index (χ0v) is 13.2. The van der Waals surface area contributed by atoms with Crippen molar-refractivity contribution in [1.29, 1.82) is 0 Å². The average Bonchev–Trinajstić information content (AvgIpc) is 2.57. The molecule has 0 radical (unpaired) electrons. The minimum atomic E-state index is -1.00. The first-order valence-corrected chi connectivity index (χ1v) is 7.65. The molecule has 3 aromatic rings. The predicted octanol–water partition coefficient (Wildman–Crippen LogP) is 4.03. The molecule has 24 heavy (non-hydrogen) atoms. The van der Waals surface area contributed by atoms with Gasteiger partial charge in [-0.3, -0.25) is 4.79 Å². The molecule has 0 atom stereocenters. The number of benzene rings is 3. The molecule has 0 aliphatic heterocycles. The second kappa shape index (κ2) is 6.54. The molecule has 120 valence electrons. The minimum Gasteiger partial charge on any atom is -0.478 e. The molecule has 0 unspecified atom stereocenters. The van der Waals surface area contributed by atoms with Crippen LogP contribution in [0.4, 0.5) is 5.69 Å². The predicted molar refractivity (Wildman–Crippen MR) is 94.4 cm³/mol. The Bertz CT molecular complexity index is 926. The van der Waals surface area contributed by atoms with Crippen LogP contribution in [0.5, 0.6) is 0 Å². The summed E-state index contributed by atoms with van der Waals surface area (Å²) in [5, 5.41) is 14.1. The number of anilines is 1. The molecular formula is C20H17NO3. The van der Waals surface area contributed by atoms with Crippen LogP contribution in [-0.4, -0.2) is 17.0 Å². The van der Waals surface area contributed by atoms with Crippen molar-refractivity contribution >= 4 is 28.3 Å². The molecule has 0 aliphatic rings. The molecule has 0 saturated heterocycles. The van der Waals surface area contributed by atoms with Crippen molar-refractivity contribution in [2.75, 3.05) is 5.32 Å². The number of carbonyl (C=O) groups excluding carboxylic acids is 1. The number of nitrogens with one attached hydrogen (secondary N) is 1. The first kappa shape index (κ1) is 15.7. The fourth-order valence-electron chi connectivity index (χ4n) is 2.82. The summed E-state index contributed by atoms with van der Waals surface area (Å²) in [6.45, 7) is 1.69. The van der Waals surface area contributed by atoms with Crippen molar-refractivity contribution in [3.05, 3.63) is 77.4 Å². The lowest BCUT2D eigenvalue weighted by Crippen LogP contribution is -2.16. The Morgan fingerprint density at radius 1 is 0.958 bits per heavy atom. The molecule has 4 heteroatoms.